The summed E-state index contributed by atoms with van der Waals surface area (Å²) in [4.78, 5) is 27.4. The second-order valence-electron chi connectivity index (χ2n) is 5.51. The summed E-state index contributed by atoms with van der Waals surface area (Å²) in [6.45, 7) is 5.03. The van der Waals surface area contributed by atoms with Crippen molar-refractivity contribution < 1.29 is 9.59 Å². The van der Waals surface area contributed by atoms with Crippen molar-refractivity contribution in [3.63, 3.8) is 0 Å². The van der Waals surface area contributed by atoms with E-state index in [0.717, 1.165) is 12.8 Å². The standard InChI is InChI=1S/C17H27N3O2/c1-3-5-7-14(4-2)12-19-16(21)9-10-17(22)20-15-8-6-11-18-13-15/h6,8,11,13-14H,3-5,7,9-10,12H2,1-2H3,(H,19,21)(H,20,22)/t14-/m1/s1. The maximum atomic E-state index is 11.8. The lowest BCUT2D eigenvalue weighted by atomic mass is 9.99. The average Bonchev–Trinajstić information content (AvgIpc) is 2.54. The Kier molecular flexibility index (Phi) is 8.88. The molecule has 0 aliphatic heterocycles. The van der Waals surface area contributed by atoms with Crippen molar-refractivity contribution in [2.24, 2.45) is 5.92 Å². The minimum atomic E-state index is -0.166. The number of carbonyl (C=O) groups is 2. The normalized spacial score (nSPS) is 11.7. The molecule has 0 bridgehead atoms. The fourth-order valence-corrected chi connectivity index (χ4v) is 2.18. The van der Waals surface area contributed by atoms with Crippen LogP contribution in [0.25, 0.3) is 0 Å². The molecule has 1 aromatic heterocycles. The van der Waals surface area contributed by atoms with E-state index in [1.54, 1.807) is 24.5 Å². The zero-order valence-corrected chi connectivity index (χ0v) is 13.6. The number of rotatable bonds is 10. The van der Waals surface area contributed by atoms with E-state index < -0.39 is 0 Å². The van der Waals surface area contributed by atoms with Gasteiger partial charge >= 0.3 is 0 Å². The van der Waals surface area contributed by atoms with Gasteiger partial charge in [0.1, 0.15) is 0 Å². The number of hydrogen-bond donors (Lipinski definition) is 2. The second-order valence-corrected chi connectivity index (χ2v) is 5.51. The molecule has 1 aromatic rings. The van der Waals surface area contributed by atoms with Gasteiger partial charge in [-0.3, -0.25) is 14.6 Å². The maximum Gasteiger partial charge on any atom is 0.224 e. The Morgan fingerprint density at radius 2 is 2.00 bits per heavy atom. The molecule has 0 aromatic carbocycles. The van der Waals surface area contributed by atoms with Crippen LogP contribution in [-0.2, 0) is 9.59 Å². The van der Waals surface area contributed by atoms with E-state index in [4.69, 9.17) is 0 Å². The Balaban J connectivity index is 2.20. The molecule has 0 unspecified atom stereocenters. The smallest absolute Gasteiger partial charge is 0.224 e. The van der Waals surface area contributed by atoms with Gasteiger partial charge < -0.3 is 10.6 Å². The Morgan fingerprint density at radius 1 is 1.23 bits per heavy atom. The van der Waals surface area contributed by atoms with Crippen molar-refractivity contribution in [1.29, 1.82) is 0 Å². The highest BCUT2D eigenvalue weighted by Gasteiger charge is 2.10. The summed E-state index contributed by atoms with van der Waals surface area (Å²) in [5.41, 5.74) is 0.651. The third kappa shape index (κ3) is 7.76. The molecule has 0 saturated heterocycles. The Bertz CT molecular complexity index is 448. The van der Waals surface area contributed by atoms with Crippen LogP contribution >= 0.6 is 0 Å². The number of hydrogen-bond acceptors (Lipinski definition) is 3. The monoisotopic (exact) mass is 305 g/mol. The van der Waals surface area contributed by atoms with Crippen LogP contribution in [0, 0.1) is 5.92 Å². The van der Waals surface area contributed by atoms with E-state index in [9.17, 15) is 9.59 Å². The molecule has 22 heavy (non-hydrogen) atoms. The highest BCUT2D eigenvalue weighted by Crippen LogP contribution is 2.11. The van der Waals surface area contributed by atoms with Crippen molar-refractivity contribution in [1.82, 2.24) is 10.3 Å². The van der Waals surface area contributed by atoms with E-state index in [-0.39, 0.29) is 24.7 Å². The number of nitrogens with one attached hydrogen (secondary N) is 2. The lowest BCUT2D eigenvalue weighted by Crippen LogP contribution is -2.29. The molecular weight excluding hydrogens is 278 g/mol. The van der Waals surface area contributed by atoms with E-state index in [1.807, 2.05) is 0 Å². The molecule has 1 rings (SSSR count). The maximum absolute atomic E-state index is 11.8. The zero-order chi connectivity index (χ0) is 16.2. The van der Waals surface area contributed by atoms with E-state index in [2.05, 4.69) is 29.5 Å². The largest absolute Gasteiger partial charge is 0.356 e. The summed E-state index contributed by atoms with van der Waals surface area (Å²) in [5.74, 6) is 0.311. The SMILES string of the molecule is CCCC[C@@H](CC)CNC(=O)CCC(=O)Nc1cccnc1. The first-order chi connectivity index (χ1) is 10.7. The average molecular weight is 305 g/mol. The number of aromatic nitrogens is 1. The van der Waals surface area contributed by atoms with Crippen LogP contribution in [0.4, 0.5) is 5.69 Å². The summed E-state index contributed by atoms with van der Waals surface area (Å²) < 4.78 is 0. The van der Waals surface area contributed by atoms with Crippen LogP contribution in [0.5, 0.6) is 0 Å². The van der Waals surface area contributed by atoms with Crippen LogP contribution < -0.4 is 10.6 Å². The van der Waals surface area contributed by atoms with Gasteiger partial charge in [-0.15, -0.1) is 0 Å². The molecule has 0 fully saturated rings. The molecule has 1 heterocycles. The number of unbranched alkanes of at least 4 members (excludes halogenated alkanes) is 1. The lowest BCUT2D eigenvalue weighted by molar-refractivity contribution is -0.124. The van der Waals surface area contributed by atoms with E-state index in [0.29, 0.717) is 18.2 Å². The molecule has 122 valence electrons. The fourth-order valence-electron chi connectivity index (χ4n) is 2.18. The van der Waals surface area contributed by atoms with E-state index >= 15 is 0 Å². The zero-order valence-electron chi connectivity index (χ0n) is 13.6. The fraction of sp³-hybridized carbons (Fsp3) is 0.588. The first-order valence-electron chi connectivity index (χ1n) is 8.12. The van der Waals surface area contributed by atoms with Gasteiger partial charge in [0.15, 0.2) is 0 Å². The first kappa shape index (κ1) is 18.1. The molecule has 0 aliphatic carbocycles. The van der Waals surface area contributed by atoms with Crippen LogP contribution in [0.3, 0.4) is 0 Å². The molecule has 0 saturated carbocycles. The third-order valence-electron chi connectivity index (χ3n) is 3.66. The van der Waals surface area contributed by atoms with Gasteiger partial charge in [-0.05, 0) is 24.5 Å². The topological polar surface area (TPSA) is 71.1 Å². The molecule has 0 aliphatic rings. The predicted octanol–water partition coefficient (Wildman–Crippen LogP) is 3.13. The van der Waals surface area contributed by atoms with Gasteiger partial charge in [-0.2, -0.15) is 0 Å². The summed E-state index contributed by atoms with van der Waals surface area (Å²) >= 11 is 0. The van der Waals surface area contributed by atoms with Crippen LogP contribution in [-0.4, -0.2) is 23.3 Å². The third-order valence-corrected chi connectivity index (χ3v) is 3.66. The minimum Gasteiger partial charge on any atom is -0.356 e. The molecule has 2 amide bonds. The van der Waals surface area contributed by atoms with Crippen molar-refractivity contribution in [3.05, 3.63) is 24.5 Å². The Morgan fingerprint density at radius 3 is 2.64 bits per heavy atom. The first-order valence-corrected chi connectivity index (χ1v) is 8.12. The quantitative estimate of drug-likeness (QED) is 0.697. The Hall–Kier alpha value is -1.91. The highest BCUT2D eigenvalue weighted by molar-refractivity contribution is 5.93. The summed E-state index contributed by atoms with van der Waals surface area (Å²) in [6, 6.07) is 3.52. The summed E-state index contributed by atoms with van der Waals surface area (Å²) in [7, 11) is 0. The van der Waals surface area contributed by atoms with Gasteiger partial charge in [-0.25, -0.2) is 0 Å². The van der Waals surface area contributed by atoms with Crippen LogP contribution in [0.1, 0.15) is 52.4 Å². The number of anilines is 1. The molecule has 2 N–H and O–H groups in total. The number of amides is 2. The van der Waals surface area contributed by atoms with Gasteiger partial charge in [-0.1, -0.05) is 33.1 Å². The molecule has 5 nitrogen and oxygen atoms in total. The molecule has 5 heteroatoms. The minimum absolute atomic E-state index is 0.0590. The van der Waals surface area contributed by atoms with Gasteiger partial charge in [0.05, 0.1) is 11.9 Å². The Labute approximate surface area is 132 Å². The second kappa shape index (κ2) is 10.8. The summed E-state index contributed by atoms with van der Waals surface area (Å²) in [6.07, 6.45) is 8.23. The number of nitrogens with zero attached hydrogens (tertiary/aromatic N) is 1. The highest BCUT2D eigenvalue weighted by atomic mass is 16.2. The predicted molar refractivity (Wildman–Crippen MR) is 88.4 cm³/mol. The van der Waals surface area contributed by atoms with Gasteiger partial charge in [0.2, 0.25) is 11.8 Å². The van der Waals surface area contributed by atoms with Crippen molar-refractivity contribution in [3.8, 4) is 0 Å². The van der Waals surface area contributed by atoms with E-state index in [1.165, 1.54) is 12.8 Å². The molecule has 1 atom stereocenters. The van der Waals surface area contributed by atoms with Gasteiger partial charge in [0, 0.05) is 25.6 Å². The van der Waals surface area contributed by atoms with Crippen molar-refractivity contribution >= 4 is 17.5 Å². The molecule has 0 radical (unpaired) electrons. The van der Waals surface area contributed by atoms with Crippen LogP contribution in [0.15, 0.2) is 24.5 Å². The molecule has 0 spiro atoms. The van der Waals surface area contributed by atoms with Crippen LogP contribution in [0.2, 0.25) is 0 Å². The molecular formula is C17H27N3O2. The number of carbonyl (C=O) groups excluding carboxylic acids is 2. The van der Waals surface area contributed by atoms with Gasteiger partial charge in [0.25, 0.3) is 0 Å². The number of pyridine rings is 1. The van der Waals surface area contributed by atoms with Crippen molar-refractivity contribution in [2.45, 2.75) is 52.4 Å². The lowest BCUT2D eigenvalue weighted by Gasteiger charge is -2.15. The summed E-state index contributed by atoms with van der Waals surface area (Å²) in [5, 5.41) is 5.65. The van der Waals surface area contributed by atoms with Crippen molar-refractivity contribution in [2.75, 3.05) is 11.9 Å².